The molecular weight excluding hydrogens is 384 g/mol. The number of benzene rings is 1. The van der Waals surface area contributed by atoms with Crippen LogP contribution in [0.5, 0.6) is 11.5 Å². The summed E-state index contributed by atoms with van der Waals surface area (Å²) in [7, 11) is 0. The van der Waals surface area contributed by atoms with Gasteiger partial charge >= 0.3 is 0 Å². The molecule has 0 aromatic heterocycles. The summed E-state index contributed by atoms with van der Waals surface area (Å²) in [5.41, 5.74) is 1.19. The highest BCUT2D eigenvalue weighted by molar-refractivity contribution is 9.10. The number of alkyl halides is 1. The second-order valence-electron chi connectivity index (χ2n) is 5.47. The van der Waals surface area contributed by atoms with Crippen LogP contribution in [0, 0.1) is 5.92 Å². The quantitative estimate of drug-likeness (QED) is 0.585. The summed E-state index contributed by atoms with van der Waals surface area (Å²) < 4.78 is 13.0. The first kappa shape index (κ1) is 16.2. The molecule has 1 aliphatic rings. The number of rotatable bonds is 5. The van der Waals surface area contributed by atoms with Gasteiger partial charge in [-0.3, -0.25) is 0 Å². The van der Waals surface area contributed by atoms with Crippen LogP contribution < -0.4 is 9.47 Å². The largest absolute Gasteiger partial charge is 0.490 e. The molecule has 0 heterocycles. The van der Waals surface area contributed by atoms with Gasteiger partial charge in [-0.25, -0.2) is 0 Å². The fourth-order valence-electron chi connectivity index (χ4n) is 2.59. The Balaban J connectivity index is 2.16. The molecule has 0 atom stereocenters. The molecular formula is C16H22Br2O2. The number of hydrogen-bond donors (Lipinski definition) is 0. The summed E-state index contributed by atoms with van der Waals surface area (Å²) in [6, 6.07) is 4.15. The number of hydrogen-bond acceptors (Lipinski definition) is 2. The molecule has 0 aliphatic heterocycles. The van der Waals surface area contributed by atoms with Crippen LogP contribution >= 0.6 is 31.9 Å². The van der Waals surface area contributed by atoms with Crippen LogP contribution in [-0.2, 0) is 5.33 Å². The third-order valence-corrected chi connectivity index (χ3v) is 5.01. The normalized spacial score (nSPS) is 22.6. The van der Waals surface area contributed by atoms with E-state index >= 15 is 0 Å². The van der Waals surface area contributed by atoms with Gasteiger partial charge in [-0.15, -0.1) is 0 Å². The lowest BCUT2D eigenvalue weighted by Gasteiger charge is -2.28. The molecule has 0 saturated heterocycles. The SMILES string of the molecule is CCOc1cc(CBr)cc(Br)c1OC1CCC(C)CC1. The predicted molar refractivity (Wildman–Crippen MR) is 90.0 cm³/mol. The van der Waals surface area contributed by atoms with Crippen LogP contribution in [-0.4, -0.2) is 12.7 Å². The Morgan fingerprint density at radius 1 is 1.20 bits per heavy atom. The molecule has 0 spiro atoms. The highest BCUT2D eigenvalue weighted by Crippen LogP contribution is 2.39. The molecule has 1 aromatic carbocycles. The van der Waals surface area contributed by atoms with E-state index in [1.165, 1.54) is 18.4 Å². The summed E-state index contributed by atoms with van der Waals surface area (Å²) >= 11 is 7.11. The molecule has 2 nitrogen and oxygen atoms in total. The van der Waals surface area contributed by atoms with Crippen LogP contribution in [0.1, 0.15) is 45.1 Å². The molecule has 0 N–H and O–H groups in total. The van der Waals surface area contributed by atoms with Crippen molar-refractivity contribution in [2.24, 2.45) is 5.92 Å². The van der Waals surface area contributed by atoms with Gasteiger partial charge in [0.1, 0.15) is 0 Å². The van der Waals surface area contributed by atoms with Crippen molar-refractivity contribution in [3.63, 3.8) is 0 Å². The van der Waals surface area contributed by atoms with Gasteiger partial charge in [-0.1, -0.05) is 22.9 Å². The second-order valence-corrected chi connectivity index (χ2v) is 6.89. The zero-order chi connectivity index (χ0) is 14.5. The van der Waals surface area contributed by atoms with Crippen LogP contribution in [0.2, 0.25) is 0 Å². The van der Waals surface area contributed by atoms with E-state index in [1.807, 2.05) is 6.92 Å². The Bertz CT molecular complexity index is 440. The fraction of sp³-hybridized carbons (Fsp3) is 0.625. The van der Waals surface area contributed by atoms with E-state index in [0.29, 0.717) is 12.7 Å². The molecule has 0 unspecified atom stereocenters. The average molecular weight is 406 g/mol. The molecule has 0 amide bonds. The van der Waals surface area contributed by atoms with Crippen LogP contribution in [0.4, 0.5) is 0 Å². The molecule has 0 radical (unpaired) electrons. The predicted octanol–water partition coefficient (Wildman–Crippen LogP) is 5.70. The average Bonchev–Trinajstić information content (AvgIpc) is 2.44. The molecule has 1 aromatic rings. The van der Waals surface area contributed by atoms with Crippen molar-refractivity contribution in [2.75, 3.05) is 6.61 Å². The lowest BCUT2D eigenvalue weighted by atomic mass is 9.89. The number of halogens is 2. The maximum Gasteiger partial charge on any atom is 0.175 e. The summed E-state index contributed by atoms with van der Waals surface area (Å²) in [5.74, 6) is 2.53. The monoisotopic (exact) mass is 404 g/mol. The molecule has 2 rings (SSSR count). The molecule has 4 heteroatoms. The lowest BCUT2D eigenvalue weighted by molar-refractivity contribution is 0.129. The van der Waals surface area contributed by atoms with E-state index < -0.39 is 0 Å². The fourth-order valence-corrected chi connectivity index (χ4v) is 3.50. The first-order chi connectivity index (χ1) is 9.63. The molecule has 112 valence electrons. The van der Waals surface area contributed by atoms with Crippen molar-refractivity contribution in [1.82, 2.24) is 0 Å². The standard InChI is InChI=1S/C16H22Br2O2/c1-3-19-15-9-12(10-17)8-14(18)16(15)20-13-6-4-11(2)5-7-13/h8-9,11,13H,3-7,10H2,1-2H3. The van der Waals surface area contributed by atoms with Crippen molar-refractivity contribution < 1.29 is 9.47 Å². The summed E-state index contributed by atoms with van der Waals surface area (Å²) in [6.07, 6.45) is 5.10. The van der Waals surface area contributed by atoms with Gasteiger partial charge in [0.25, 0.3) is 0 Å². The van der Waals surface area contributed by atoms with Crippen molar-refractivity contribution in [2.45, 2.75) is 51.0 Å². The van der Waals surface area contributed by atoms with Crippen molar-refractivity contribution in [1.29, 1.82) is 0 Å². The van der Waals surface area contributed by atoms with Crippen LogP contribution in [0.25, 0.3) is 0 Å². The van der Waals surface area contributed by atoms with Gasteiger partial charge in [0, 0.05) is 5.33 Å². The van der Waals surface area contributed by atoms with Gasteiger partial charge in [-0.2, -0.15) is 0 Å². The molecule has 0 bridgehead atoms. The highest BCUT2D eigenvalue weighted by atomic mass is 79.9. The van der Waals surface area contributed by atoms with E-state index in [0.717, 1.165) is 40.1 Å². The Morgan fingerprint density at radius 3 is 2.50 bits per heavy atom. The van der Waals surface area contributed by atoms with Crippen molar-refractivity contribution in [3.8, 4) is 11.5 Å². The zero-order valence-corrected chi connectivity index (χ0v) is 15.3. The summed E-state index contributed by atoms with van der Waals surface area (Å²) in [4.78, 5) is 0. The van der Waals surface area contributed by atoms with Gasteiger partial charge in [-0.05, 0) is 72.2 Å². The van der Waals surface area contributed by atoms with Crippen LogP contribution in [0.3, 0.4) is 0 Å². The highest BCUT2D eigenvalue weighted by Gasteiger charge is 2.22. The third-order valence-electron chi connectivity index (χ3n) is 3.77. The second kappa shape index (κ2) is 7.69. The Morgan fingerprint density at radius 2 is 1.90 bits per heavy atom. The molecule has 1 fully saturated rings. The molecule has 1 aliphatic carbocycles. The molecule has 1 saturated carbocycles. The lowest BCUT2D eigenvalue weighted by Crippen LogP contribution is -2.23. The maximum absolute atomic E-state index is 6.23. The first-order valence-electron chi connectivity index (χ1n) is 7.31. The van der Waals surface area contributed by atoms with Crippen molar-refractivity contribution in [3.05, 3.63) is 22.2 Å². The van der Waals surface area contributed by atoms with E-state index in [9.17, 15) is 0 Å². The van der Waals surface area contributed by atoms with Gasteiger partial charge in [0.2, 0.25) is 0 Å². The summed E-state index contributed by atoms with van der Waals surface area (Å²) in [6.45, 7) is 4.97. The van der Waals surface area contributed by atoms with Gasteiger partial charge in [0.15, 0.2) is 11.5 Å². The van der Waals surface area contributed by atoms with E-state index in [4.69, 9.17) is 9.47 Å². The third kappa shape index (κ3) is 4.14. The maximum atomic E-state index is 6.23. The Hall–Kier alpha value is -0.220. The van der Waals surface area contributed by atoms with Gasteiger partial charge in [0.05, 0.1) is 17.2 Å². The zero-order valence-electron chi connectivity index (χ0n) is 12.1. The van der Waals surface area contributed by atoms with Crippen LogP contribution in [0.15, 0.2) is 16.6 Å². The van der Waals surface area contributed by atoms with E-state index in [2.05, 4.69) is 50.9 Å². The minimum absolute atomic E-state index is 0.316. The van der Waals surface area contributed by atoms with E-state index in [1.54, 1.807) is 0 Å². The summed E-state index contributed by atoms with van der Waals surface area (Å²) in [5, 5.41) is 0.812. The first-order valence-corrected chi connectivity index (χ1v) is 9.23. The van der Waals surface area contributed by atoms with E-state index in [-0.39, 0.29) is 0 Å². The molecule has 20 heavy (non-hydrogen) atoms. The minimum Gasteiger partial charge on any atom is -0.490 e. The minimum atomic E-state index is 0.316. The number of ether oxygens (including phenoxy) is 2. The Kier molecular flexibility index (Phi) is 6.21. The van der Waals surface area contributed by atoms with Crippen molar-refractivity contribution >= 4 is 31.9 Å². The topological polar surface area (TPSA) is 18.5 Å². The van der Waals surface area contributed by atoms with Gasteiger partial charge < -0.3 is 9.47 Å². The Labute approximate surface area is 138 Å². The smallest absolute Gasteiger partial charge is 0.175 e.